The highest BCUT2D eigenvalue weighted by Gasteiger charge is 2.15. The lowest BCUT2D eigenvalue weighted by Gasteiger charge is -2.14. The van der Waals surface area contributed by atoms with E-state index < -0.39 is 0 Å². The fourth-order valence-corrected chi connectivity index (χ4v) is 2.52. The molecule has 2 N–H and O–H groups in total. The number of benzene rings is 2. The Morgan fingerprint density at radius 3 is 2.32 bits per heavy atom. The molecule has 19 heavy (non-hydrogen) atoms. The maximum absolute atomic E-state index is 6.35. The van der Waals surface area contributed by atoms with Crippen molar-refractivity contribution in [1.29, 1.82) is 0 Å². The molecule has 0 fully saturated rings. The van der Waals surface area contributed by atoms with E-state index in [9.17, 15) is 0 Å². The first kappa shape index (κ1) is 12.0. The number of hydrogen-bond donors (Lipinski definition) is 1. The van der Waals surface area contributed by atoms with E-state index >= 15 is 0 Å². The van der Waals surface area contributed by atoms with Gasteiger partial charge in [0.05, 0.1) is 6.04 Å². The lowest BCUT2D eigenvalue weighted by atomic mass is 9.95. The standard InChI is InChI=1S/C17H17NO/c1-11-7-9-15(14-6-4-3-5-13(11)14)17(18)16-10-8-12(2)19-16/h3-10,17H,18H2,1-2H3. The molecule has 2 nitrogen and oxygen atoms in total. The smallest absolute Gasteiger partial charge is 0.125 e. The van der Waals surface area contributed by atoms with Crippen molar-refractivity contribution in [3.63, 3.8) is 0 Å². The summed E-state index contributed by atoms with van der Waals surface area (Å²) in [5.41, 5.74) is 8.72. The summed E-state index contributed by atoms with van der Waals surface area (Å²) in [7, 11) is 0. The van der Waals surface area contributed by atoms with Crippen LogP contribution in [0.1, 0.15) is 28.7 Å². The van der Waals surface area contributed by atoms with Gasteiger partial charge in [-0.2, -0.15) is 0 Å². The summed E-state index contributed by atoms with van der Waals surface area (Å²) in [4.78, 5) is 0. The van der Waals surface area contributed by atoms with E-state index in [1.807, 2.05) is 25.1 Å². The molecular formula is C17H17NO. The Hall–Kier alpha value is -2.06. The van der Waals surface area contributed by atoms with E-state index in [4.69, 9.17) is 10.2 Å². The second kappa shape index (κ2) is 4.56. The van der Waals surface area contributed by atoms with Crippen LogP contribution in [0.5, 0.6) is 0 Å². The average Bonchev–Trinajstić information content (AvgIpc) is 2.86. The maximum atomic E-state index is 6.35. The molecule has 0 aliphatic rings. The lowest BCUT2D eigenvalue weighted by Crippen LogP contribution is -2.11. The average molecular weight is 251 g/mol. The molecule has 0 saturated carbocycles. The zero-order valence-corrected chi connectivity index (χ0v) is 11.2. The van der Waals surface area contributed by atoms with Crippen molar-refractivity contribution < 1.29 is 4.42 Å². The Balaban J connectivity index is 2.18. The van der Waals surface area contributed by atoms with Gasteiger partial charge in [0, 0.05) is 0 Å². The van der Waals surface area contributed by atoms with Gasteiger partial charge in [0.15, 0.2) is 0 Å². The first-order chi connectivity index (χ1) is 9.16. The van der Waals surface area contributed by atoms with Gasteiger partial charge in [-0.25, -0.2) is 0 Å². The molecule has 0 radical (unpaired) electrons. The van der Waals surface area contributed by atoms with Gasteiger partial charge in [0.2, 0.25) is 0 Å². The van der Waals surface area contributed by atoms with Crippen LogP contribution in [0, 0.1) is 13.8 Å². The molecule has 0 amide bonds. The lowest BCUT2D eigenvalue weighted by molar-refractivity contribution is 0.467. The summed E-state index contributed by atoms with van der Waals surface area (Å²) < 4.78 is 5.65. The predicted octanol–water partition coefficient (Wildman–Crippen LogP) is 4.10. The van der Waals surface area contributed by atoms with Crippen LogP contribution in [0.4, 0.5) is 0 Å². The SMILES string of the molecule is Cc1ccc(C(N)c2ccc(C)c3ccccc23)o1. The largest absolute Gasteiger partial charge is 0.464 e. The number of nitrogens with two attached hydrogens (primary N) is 1. The molecule has 2 heteroatoms. The first-order valence-electron chi connectivity index (χ1n) is 6.47. The molecule has 1 atom stereocenters. The van der Waals surface area contributed by atoms with E-state index in [-0.39, 0.29) is 6.04 Å². The van der Waals surface area contributed by atoms with E-state index in [2.05, 4.69) is 37.3 Å². The summed E-state index contributed by atoms with van der Waals surface area (Å²) in [6.07, 6.45) is 0. The molecule has 2 aromatic carbocycles. The summed E-state index contributed by atoms with van der Waals surface area (Å²) in [5, 5.41) is 2.45. The third kappa shape index (κ3) is 2.04. The minimum Gasteiger partial charge on any atom is -0.464 e. The maximum Gasteiger partial charge on any atom is 0.125 e. The zero-order valence-electron chi connectivity index (χ0n) is 11.2. The van der Waals surface area contributed by atoms with Crippen molar-refractivity contribution in [2.75, 3.05) is 0 Å². The van der Waals surface area contributed by atoms with Crippen LogP contribution in [0.2, 0.25) is 0 Å². The summed E-state index contributed by atoms with van der Waals surface area (Å²) in [6, 6.07) is 16.3. The van der Waals surface area contributed by atoms with E-state index in [0.29, 0.717) is 0 Å². The second-order valence-corrected chi connectivity index (χ2v) is 4.94. The minimum atomic E-state index is -0.223. The number of furan rings is 1. The molecule has 1 heterocycles. The Labute approximate surface area is 112 Å². The van der Waals surface area contributed by atoms with Crippen molar-refractivity contribution in [3.8, 4) is 0 Å². The van der Waals surface area contributed by atoms with Crippen LogP contribution in [-0.2, 0) is 0 Å². The van der Waals surface area contributed by atoms with Crippen LogP contribution in [0.25, 0.3) is 10.8 Å². The van der Waals surface area contributed by atoms with Gasteiger partial charge in [0.25, 0.3) is 0 Å². The number of fused-ring (bicyclic) bond motifs is 1. The van der Waals surface area contributed by atoms with Crippen molar-refractivity contribution >= 4 is 10.8 Å². The Morgan fingerprint density at radius 1 is 0.895 bits per heavy atom. The van der Waals surface area contributed by atoms with Gasteiger partial charge in [-0.1, -0.05) is 36.4 Å². The molecular weight excluding hydrogens is 234 g/mol. The van der Waals surface area contributed by atoms with Crippen molar-refractivity contribution in [2.24, 2.45) is 5.73 Å². The summed E-state index contributed by atoms with van der Waals surface area (Å²) in [6.45, 7) is 4.05. The Bertz CT molecular complexity index is 727. The van der Waals surface area contributed by atoms with Gasteiger partial charge >= 0.3 is 0 Å². The fourth-order valence-electron chi connectivity index (χ4n) is 2.52. The minimum absolute atomic E-state index is 0.223. The van der Waals surface area contributed by atoms with Crippen LogP contribution in [-0.4, -0.2) is 0 Å². The van der Waals surface area contributed by atoms with Gasteiger partial charge in [-0.15, -0.1) is 0 Å². The second-order valence-electron chi connectivity index (χ2n) is 4.94. The monoisotopic (exact) mass is 251 g/mol. The molecule has 0 bridgehead atoms. The van der Waals surface area contributed by atoms with Gasteiger partial charge < -0.3 is 10.2 Å². The van der Waals surface area contributed by atoms with Gasteiger partial charge in [-0.05, 0) is 47.9 Å². The van der Waals surface area contributed by atoms with Gasteiger partial charge in [0.1, 0.15) is 11.5 Å². The van der Waals surface area contributed by atoms with Crippen LogP contribution < -0.4 is 5.73 Å². The summed E-state index contributed by atoms with van der Waals surface area (Å²) >= 11 is 0. The molecule has 0 aliphatic heterocycles. The normalized spacial score (nSPS) is 12.8. The number of aryl methyl sites for hydroxylation is 2. The van der Waals surface area contributed by atoms with Gasteiger partial charge in [-0.3, -0.25) is 0 Å². The van der Waals surface area contributed by atoms with Crippen LogP contribution in [0.3, 0.4) is 0 Å². The fraction of sp³-hybridized carbons (Fsp3) is 0.176. The molecule has 3 rings (SSSR count). The Kier molecular flexibility index (Phi) is 2.88. The highest BCUT2D eigenvalue weighted by Crippen LogP contribution is 2.29. The molecule has 96 valence electrons. The highest BCUT2D eigenvalue weighted by atomic mass is 16.3. The predicted molar refractivity (Wildman–Crippen MR) is 78.2 cm³/mol. The van der Waals surface area contributed by atoms with Crippen molar-refractivity contribution in [3.05, 3.63) is 71.2 Å². The Morgan fingerprint density at radius 2 is 1.63 bits per heavy atom. The number of hydrogen-bond acceptors (Lipinski definition) is 2. The first-order valence-corrected chi connectivity index (χ1v) is 6.47. The van der Waals surface area contributed by atoms with E-state index in [1.165, 1.54) is 16.3 Å². The topological polar surface area (TPSA) is 39.2 Å². The van der Waals surface area contributed by atoms with Crippen LogP contribution >= 0.6 is 0 Å². The van der Waals surface area contributed by atoms with Crippen molar-refractivity contribution in [1.82, 2.24) is 0 Å². The third-order valence-corrected chi connectivity index (χ3v) is 3.58. The summed E-state index contributed by atoms with van der Waals surface area (Å²) in [5.74, 6) is 1.70. The number of rotatable bonds is 2. The molecule has 0 saturated heterocycles. The molecule has 3 aromatic rings. The highest BCUT2D eigenvalue weighted by molar-refractivity contribution is 5.89. The molecule has 1 unspecified atom stereocenters. The van der Waals surface area contributed by atoms with Crippen molar-refractivity contribution in [2.45, 2.75) is 19.9 Å². The molecule has 0 aliphatic carbocycles. The zero-order chi connectivity index (χ0) is 13.4. The van der Waals surface area contributed by atoms with Crippen LogP contribution in [0.15, 0.2) is 52.9 Å². The molecule has 0 spiro atoms. The van der Waals surface area contributed by atoms with E-state index in [0.717, 1.165) is 17.1 Å². The third-order valence-electron chi connectivity index (χ3n) is 3.58. The molecule has 1 aromatic heterocycles. The van der Waals surface area contributed by atoms with E-state index in [1.54, 1.807) is 0 Å². The quantitative estimate of drug-likeness (QED) is 0.744.